The van der Waals surface area contributed by atoms with Crippen LogP contribution in [0.15, 0.2) is 71.6 Å². The van der Waals surface area contributed by atoms with Crippen LogP contribution in [-0.4, -0.2) is 34.7 Å². The molecule has 0 radical (unpaired) electrons. The number of non-ortho nitro benzene ring substituents is 1. The Morgan fingerprint density at radius 1 is 1.00 bits per heavy atom. The highest BCUT2D eigenvalue weighted by Gasteiger charge is 2.39. The topological polar surface area (TPSA) is 129 Å². The van der Waals surface area contributed by atoms with Crippen molar-refractivity contribution >= 4 is 27.1 Å². The first-order chi connectivity index (χ1) is 18.2. The van der Waals surface area contributed by atoms with E-state index >= 15 is 0 Å². The molecular weight excluding hydrogens is 510 g/mol. The molecule has 3 aromatic rings. The number of nitrogens with one attached hydrogen (secondary N) is 2. The number of nitro benzene ring substituents is 1. The van der Waals surface area contributed by atoms with Gasteiger partial charge in [0, 0.05) is 23.7 Å². The van der Waals surface area contributed by atoms with Gasteiger partial charge in [-0.15, -0.1) is 0 Å². The standard InChI is InChI=1S/C27H27N3O7S/c1-35-24-12-16(13-25(36-2)27(24)37-3)26-21-9-5-8-20(21)22-15-19(10-11-23(22)28-26)38(33,34)29-17-6-4-7-18(14-17)30(31)32/h4-8,10-15,20-21,26,28-29H,9H2,1-3H3/t20-,21+,26+/m0/s1. The number of benzene rings is 3. The second kappa shape index (κ2) is 9.90. The summed E-state index contributed by atoms with van der Waals surface area (Å²) in [7, 11) is 0.736. The molecule has 3 aromatic carbocycles. The number of sulfonamides is 1. The lowest BCUT2D eigenvalue weighted by atomic mass is 9.77. The van der Waals surface area contributed by atoms with Gasteiger partial charge in [-0.05, 0) is 59.9 Å². The molecule has 38 heavy (non-hydrogen) atoms. The van der Waals surface area contributed by atoms with Crippen LogP contribution >= 0.6 is 0 Å². The van der Waals surface area contributed by atoms with E-state index in [-0.39, 0.29) is 34.1 Å². The number of anilines is 2. The highest BCUT2D eigenvalue weighted by Crippen LogP contribution is 2.52. The Bertz CT molecular complexity index is 1510. The normalized spacial score (nSPS) is 19.6. The van der Waals surface area contributed by atoms with Gasteiger partial charge in [0.15, 0.2) is 11.5 Å². The molecule has 1 aliphatic carbocycles. The van der Waals surface area contributed by atoms with Gasteiger partial charge in [0.25, 0.3) is 15.7 Å². The van der Waals surface area contributed by atoms with E-state index in [0.29, 0.717) is 17.2 Å². The molecule has 0 spiro atoms. The van der Waals surface area contributed by atoms with Crippen LogP contribution in [0.1, 0.15) is 29.5 Å². The third-order valence-corrected chi connectivity index (χ3v) is 8.38. The molecule has 0 saturated carbocycles. The van der Waals surface area contributed by atoms with E-state index in [0.717, 1.165) is 23.2 Å². The fourth-order valence-electron chi connectivity index (χ4n) is 5.25. The minimum Gasteiger partial charge on any atom is -0.493 e. The van der Waals surface area contributed by atoms with Gasteiger partial charge in [-0.1, -0.05) is 18.2 Å². The largest absolute Gasteiger partial charge is 0.493 e. The number of allylic oxidation sites excluding steroid dienone is 2. The average molecular weight is 538 g/mol. The summed E-state index contributed by atoms with van der Waals surface area (Å²) in [5, 5.41) is 14.7. The lowest BCUT2D eigenvalue weighted by Crippen LogP contribution is -2.29. The van der Waals surface area contributed by atoms with Crippen LogP contribution in [0.5, 0.6) is 17.2 Å². The maximum absolute atomic E-state index is 13.2. The molecule has 2 aliphatic rings. The quantitative estimate of drug-likeness (QED) is 0.227. The SMILES string of the molecule is COc1cc([C@H]2Nc3ccc(S(=O)(=O)Nc4cccc([N+](=O)[O-])c4)cc3[C@H]3C=CC[C@H]32)cc(OC)c1OC. The van der Waals surface area contributed by atoms with E-state index in [1.807, 2.05) is 12.1 Å². The number of nitrogens with zero attached hydrogens (tertiary/aromatic N) is 1. The number of ether oxygens (including phenoxy) is 3. The van der Waals surface area contributed by atoms with Crippen molar-refractivity contribution in [3.63, 3.8) is 0 Å². The summed E-state index contributed by atoms with van der Waals surface area (Å²) in [4.78, 5) is 10.6. The van der Waals surface area contributed by atoms with E-state index in [4.69, 9.17) is 14.2 Å². The Balaban J connectivity index is 1.49. The molecule has 2 N–H and O–H groups in total. The van der Waals surface area contributed by atoms with E-state index in [9.17, 15) is 18.5 Å². The molecule has 1 heterocycles. The van der Waals surface area contributed by atoms with E-state index < -0.39 is 14.9 Å². The number of rotatable bonds is 8. The van der Waals surface area contributed by atoms with Crippen LogP contribution in [0.25, 0.3) is 0 Å². The van der Waals surface area contributed by atoms with Gasteiger partial charge >= 0.3 is 0 Å². The zero-order valence-electron chi connectivity index (χ0n) is 21.0. The van der Waals surface area contributed by atoms with Gasteiger partial charge in [0.2, 0.25) is 5.75 Å². The van der Waals surface area contributed by atoms with Gasteiger partial charge < -0.3 is 19.5 Å². The molecule has 0 bridgehead atoms. The van der Waals surface area contributed by atoms with Gasteiger partial charge in [-0.25, -0.2) is 8.42 Å². The summed E-state index contributed by atoms with van der Waals surface area (Å²) >= 11 is 0. The molecule has 198 valence electrons. The van der Waals surface area contributed by atoms with Crippen molar-refractivity contribution in [1.29, 1.82) is 0 Å². The first kappa shape index (κ1) is 25.4. The molecule has 3 atom stereocenters. The fourth-order valence-corrected chi connectivity index (χ4v) is 6.33. The third-order valence-electron chi connectivity index (χ3n) is 7.00. The molecular formula is C27H27N3O7S. The number of methoxy groups -OCH3 is 3. The summed E-state index contributed by atoms with van der Waals surface area (Å²) in [6, 6.07) is 14.1. The molecule has 0 amide bonds. The molecule has 5 rings (SSSR count). The van der Waals surface area contributed by atoms with Crippen molar-refractivity contribution in [3.05, 3.63) is 88.0 Å². The lowest BCUT2D eigenvalue weighted by molar-refractivity contribution is -0.384. The first-order valence-electron chi connectivity index (χ1n) is 11.9. The van der Waals surface area contributed by atoms with Gasteiger partial charge in [-0.2, -0.15) is 0 Å². The van der Waals surface area contributed by atoms with E-state index in [1.165, 1.54) is 30.3 Å². The van der Waals surface area contributed by atoms with Crippen LogP contribution in [0.4, 0.5) is 17.1 Å². The summed E-state index contributed by atoms with van der Waals surface area (Å²) in [6.07, 6.45) is 5.03. The van der Waals surface area contributed by atoms with Crippen molar-refractivity contribution in [1.82, 2.24) is 0 Å². The third kappa shape index (κ3) is 4.49. The van der Waals surface area contributed by atoms with Gasteiger partial charge in [0.05, 0.1) is 42.9 Å². The minimum atomic E-state index is -3.98. The smallest absolute Gasteiger partial charge is 0.271 e. The van der Waals surface area contributed by atoms with E-state index in [2.05, 4.69) is 22.2 Å². The number of hydrogen-bond acceptors (Lipinski definition) is 8. The molecule has 0 aromatic heterocycles. The Kier molecular flexibility index (Phi) is 6.62. The molecule has 10 nitrogen and oxygen atoms in total. The van der Waals surface area contributed by atoms with E-state index in [1.54, 1.807) is 33.5 Å². The van der Waals surface area contributed by atoms with Crippen molar-refractivity contribution in [2.75, 3.05) is 31.4 Å². The zero-order chi connectivity index (χ0) is 27.0. The van der Waals surface area contributed by atoms with Gasteiger partial charge in [-0.3, -0.25) is 14.8 Å². The maximum Gasteiger partial charge on any atom is 0.271 e. The lowest BCUT2D eigenvalue weighted by Gasteiger charge is -2.38. The second-order valence-electron chi connectivity index (χ2n) is 9.10. The van der Waals surface area contributed by atoms with Gasteiger partial charge in [0.1, 0.15) is 0 Å². The number of nitro groups is 1. The summed E-state index contributed by atoms with van der Waals surface area (Å²) in [5.74, 6) is 1.76. The minimum absolute atomic E-state index is 0.0108. The average Bonchev–Trinajstić information content (AvgIpc) is 3.41. The van der Waals surface area contributed by atoms with Crippen LogP contribution in [0, 0.1) is 16.0 Å². The fraction of sp³-hybridized carbons (Fsp3) is 0.259. The van der Waals surface area contributed by atoms with Crippen LogP contribution < -0.4 is 24.2 Å². The molecule has 0 saturated heterocycles. The molecule has 1 aliphatic heterocycles. The zero-order valence-corrected chi connectivity index (χ0v) is 21.8. The van der Waals surface area contributed by atoms with Crippen LogP contribution in [0.3, 0.4) is 0 Å². The number of hydrogen-bond donors (Lipinski definition) is 2. The molecule has 0 fully saturated rings. The van der Waals surface area contributed by atoms with Crippen LogP contribution in [-0.2, 0) is 10.0 Å². The van der Waals surface area contributed by atoms with Crippen molar-refractivity contribution in [2.24, 2.45) is 5.92 Å². The Morgan fingerprint density at radius 3 is 2.39 bits per heavy atom. The highest BCUT2D eigenvalue weighted by atomic mass is 32.2. The number of fused-ring (bicyclic) bond motifs is 3. The summed E-state index contributed by atoms with van der Waals surface area (Å²) in [5.41, 5.74) is 2.58. The first-order valence-corrected chi connectivity index (χ1v) is 13.4. The highest BCUT2D eigenvalue weighted by molar-refractivity contribution is 7.92. The van der Waals surface area contributed by atoms with Crippen molar-refractivity contribution in [2.45, 2.75) is 23.3 Å². The Morgan fingerprint density at radius 2 is 1.74 bits per heavy atom. The van der Waals surface area contributed by atoms with Crippen molar-refractivity contribution < 1.29 is 27.6 Å². The summed E-state index contributed by atoms with van der Waals surface area (Å²) < 4.78 is 45.4. The summed E-state index contributed by atoms with van der Waals surface area (Å²) in [6.45, 7) is 0. The van der Waals surface area contributed by atoms with Crippen molar-refractivity contribution in [3.8, 4) is 17.2 Å². The second-order valence-corrected chi connectivity index (χ2v) is 10.8. The Hall–Kier alpha value is -4.25. The monoisotopic (exact) mass is 537 g/mol. The Labute approximate surface area is 220 Å². The molecule has 11 heteroatoms. The van der Waals surface area contributed by atoms with Crippen LogP contribution in [0.2, 0.25) is 0 Å². The molecule has 0 unspecified atom stereocenters. The predicted molar refractivity (Wildman–Crippen MR) is 143 cm³/mol. The maximum atomic E-state index is 13.2. The predicted octanol–water partition coefficient (Wildman–Crippen LogP) is 5.25.